The van der Waals surface area contributed by atoms with Crippen LogP contribution in [0.25, 0.3) is 0 Å². The molecule has 0 aromatic carbocycles. The van der Waals surface area contributed by atoms with Crippen LogP contribution in [0.2, 0.25) is 0 Å². The van der Waals surface area contributed by atoms with E-state index in [1.807, 2.05) is 0 Å². The highest BCUT2D eigenvalue weighted by Gasteiger charge is 2.24. The van der Waals surface area contributed by atoms with Crippen LogP contribution < -0.4 is 0 Å². The number of phosphoric acid groups is 1. The molecule has 35 heavy (non-hydrogen) atoms. The molecule has 0 rings (SSSR count). The van der Waals surface area contributed by atoms with Crippen molar-refractivity contribution in [2.24, 2.45) is 0 Å². The van der Waals surface area contributed by atoms with Crippen molar-refractivity contribution in [3.05, 3.63) is 24.3 Å². The summed E-state index contributed by atoms with van der Waals surface area (Å²) in [6.07, 6.45) is 20.0. The minimum atomic E-state index is -4.49. The van der Waals surface area contributed by atoms with Gasteiger partial charge < -0.3 is 24.9 Å². The van der Waals surface area contributed by atoms with Gasteiger partial charge in [0.1, 0.15) is 18.8 Å². The molecule has 0 amide bonds. The normalized spacial score (nSPS) is 15.5. The number of phosphoric ester groups is 1. The maximum absolute atomic E-state index is 11.7. The fraction of sp³-hybridized carbons (Fsp3) is 0.800. The molecule has 0 fully saturated rings. The van der Waals surface area contributed by atoms with Crippen LogP contribution in [0.1, 0.15) is 90.4 Å². The van der Waals surface area contributed by atoms with E-state index in [2.05, 4.69) is 40.3 Å². The second kappa shape index (κ2) is 23.3. The lowest BCUT2D eigenvalue weighted by molar-refractivity contribution is -0.147. The van der Waals surface area contributed by atoms with E-state index in [1.165, 1.54) is 32.1 Å². The molecule has 4 N–H and O–H groups in total. The number of allylic oxidation sites excluding steroid dienone is 4. The molecule has 0 radical (unpaired) electrons. The van der Waals surface area contributed by atoms with Crippen LogP contribution >= 0.6 is 7.82 Å². The van der Waals surface area contributed by atoms with Gasteiger partial charge in [0, 0.05) is 6.42 Å². The van der Waals surface area contributed by atoms with Crippen molar-refractivity contribution in [1.82, 2.24) is 0 Å². The average Bonchev–Trinajstić information content (AvgIpc) is 2.84. The number of aliphatic hydroxyl groups is 3. The molecule has 3 atom stereocenters. The van der Waals surface area contributed by atoms with E-state index in [0.717, 1.165) is 38.5 Å². The average molecular weight is 523 g/mol. The smallest absolute Gasteiger partial charge is 0.463 e. The molecule has 0 aliphatic heterocycles. The Bertz CT molecular complexity index is 610. The fourth-order valence-corrected chi connectivity index (χ4v) is 3.81. The van der Waals surface area contributed by atoms with Gasteiger partial charge in [0.2, 0.25) is 0 Å². The summed E-state index contributed by atoms with van der Waals surface area (Å²) >= 11 is 0. The Morgan fingerprint density at radius 2 is 1.34 bits per heavy atom. The molecule has 0 aromatic rings. The fourth-order valence-electron chi connectivity index (χ4n) is 3.02. The first-order valence-electron chi connectivity index (χ1n) is 12.8. The summed E-state index contributed by atoms with van der Waals surface area (Å²) in [5.74, 6) is -0.445. The predicted octanol–water partition coefficient (Wildman–Crippen LogP) is 4.58. The van der Waals surface area contributed by atoms with Crippen LogP contribution in [0.4, 0.5) is 0 Å². The summed E-state index contributed by atoms with van der Waals surface area (Å²) in [5, 5.41) is 27.4. The van der Waals surface area contributed by atoms with E-state index in [-0.39, 0.29) is 13.0 Å². The van der Waals surface area contributed by atoms with Crippen LogP contribution in [0.15, 0.2) is 24.3 Å². The molecule has 0 saturated heterocycles. The van der Waals surface area contributed by atoms with Gasteiger partial charge >= 0.3 is 13.8 Å². The molecule has 9 nitrogen and oxygen atoms in total. The van der Waals surface area contributed by atoms with Crippen molar-refractivity contribution in [2.75, 3.05) is 26.4 Å². The summed E-state index contributed by atoms with van der Waals surface area (Å²) in [6.45, 7) is 0.0538. The summed E-state index contributed by atoms with van der Waals surface area (Å²) in [4.78, 5) is 21.1. The molecule has 0 aromatic heterocycles. The summed E-state index contributed by atoms with van der Waals surface area (Å²) in [7, 11) is -4.49. The Labute approximate surface area is 210 Å². The van der Waals surface area contributed by atoms with Crippen molar-refractivity contribution in [1.29, 1.82) is 0 Å². The van der Waals surface area contributed by atoms with Crippen molar-refractivity contribution in [2.45, 2.75) is 103 Å². The van der Waals surface area contributed by atoms with E-state index in [1.54, 1.807) is 0 Å². The van der Waals surface area contributed by atoms with E-state index >= 15 is 0 Å². The van der Waals surface area contributed by atoms with Crippen LogP contribution in [-0.2, 0) is 23.1 Å². The van der Waals surface area contributed by atoms with Gasteiger partial charge in [-0.3, -0.25) is 13.8 Å². The van der Waals surface area contributed by atoms with Crippen molar-refractivity contribution in [3.8, 4) is 0 Å². The number of hydrogen-bond donors (Lipinski definition) is 4. The van der Waals surface area contributed by atoms with Gasteiger partial charge in [0.15, 0.2) is 0 Å². The lowest BCUT2D eigenvalue weighted by atomic mass is 10.1. The summed E-state index contributed by atoms with van der Waals surface area (Å²) < 4.78 is 25.5. The first-order valence-corrected chi connectivity index (χ1v) is 14.3. The molecular weight excluding hydrogens is 475 g/mol. The third-order valence-electron chi connectivity index (χ3n) is 5.09. The number of esters is 1. The highest BCUT2D eigenvalue weighted by Crippen LogP contribution is 2.43. The third-order valence-corrected chi connectivity index (χ3v) is 6.04. The third kappa shape index (κ3) is 24.4. The monoisotopic (exact) mass is 522 g/mol. The highest BCUT2D eigenvalue weighted by molar-refractivity contribution is 7.47. The quantitative estimate of drug-likeness (QED) is 0.0620. The first-order chi connectivity index (χ1) is 16.8. The van der Waals surface area contributed by atoms with Crippen LogP contribution in [-0.4, -0.2) is 64.8 Å². The van der Waals surface area contributed by atoms with E-state index < -0.39 is 45.8 Å². The number of aliphatic hydroxyl groups excluding tert-OH is 3. The van der Waals surface area contributed by atoms with Gasteiger partial charge in [-0.15, -0.1) is 0 Å². The molecule has 0 aliphatic rings. The molecule has 0 heterocycles. The first kappa shape index (κ1) is 33.9. The molecule has 3 unspecified atom stereocenters. The zero-order chi connectivity index (χ0) is 26.2. The van der Waals surface area contributed by atoms with Gasteiger partial charge in [0.25, 0.3) is 0 Å². The predicted molar refractivity (Wildman–Crippen MR) is 136 cm³/mol. The Balaban J connectivity index is 3.60. The van der Waals surface area contributed by atoms with Crippen LogP contribution in [0.5, 0.6) is 0 Å². The molecule has 0 spiro atoms. The summed E-state index contributed by atoms with van der Waals surface area (Å²) in [5.41, 5.74) is 0. The number of ether oxygens (including phenoxy) is 1. The van der Waals surface area contributed by atoms with Crippen LogP contribution in [0, 0.1) is 0 Å². The Morgan fingerprint density at radius 3 is 1.94 bits per heavy atom. The SMILES string of the molecule is CCCCCC/C=C\C/C=C\CCCCCCCC(=O)OCC(O)COP(=O)(O)OCC(O)CO. The van der Waals surface area contributed by atoms with Gasteiger partial charge in [-0.1, -0.05) is 69.8 Å². The number of unbranched alkanes of at least 4 members (excludes halogenated alkanes) is 9. The largest absolute Gasteiger partial charge is 0.472 e. The van der Waals surface area contributed by atoms with Gasteiger partial charge in [-0.25, -0.2) is 4.57 Å². The Kier molecular flexibility index (Phi) is 22.6. The highest BCUT2D eigenvalue weighted by atomic mass is 31.2. The Morgan fingerprint density at radius 1 is 0.800 bits per heavy atom. The molecule has 0 saturated carbocycles. The zero-order valence-corrected chi connectivity index (χ0v) is 22.2. The topological polar surface area (TPSA) is 143 Å². The van der Waals surface area contributed by atoms with E-state index in [0.29, 0.717) is 6.42 Å². The number of carbonyl (C=O) groups is 1. The summed E-state index contributed by atoms with van der Waals surface area (Å²) in [6, 6.07) is 0. The molecule has 0 aliphatic carbocycles. The van der Waals surface area contributed by atoms with Crippen molar-refractivity contribution < 1.29 is 43.4 Å². The van der Waals surface area contributed by atoms with Gasteiger partial charge in [-0.05, 0) is 38.5 Å². The minimum absolute atomic E-state index is 0.249. The number of rotatable bonds is 24. The lowest BCUT2D eigenvalue weighted by Gasteiger charge is -2.16. The van der Waals surface area contributed by atoms with Crippen LogP contribution in [0.3, 0.4) is 0 Å². The standard InChI is InChI=1S/C25H47O9P/c1-2-3-4-5-6-7-8-9-10-11-12-13-14-15-16-17-18-25(29)32-20-24(28)22-34-35(30,31)33-21-23(27)19-26/h7-8,10-11,23-24,26-28H,2-6,9,12-22H2,1H3,(H,30,31)/b8-7-,11-10-. The maximum atomic E-state index is 11.7. The molecule has 206 valence electrons. The second-order valence-electron chi connectivity index (χ2n) is 8.57. The molecule has 0 bridgehead atoms. The van der Waals surface area contributed by atoms with E-state index in [4.69, 9.17) is 14.9 Å². The lowest BCUT2D eigenvalue weighted by Crippen LogP contribution is -2.24. The molecule has 10 heteroatoms. The second-order valence-corrected chi connectivity index (χ2v) is 10.0. The maximum Gasteiger partial charge on any atom is 0.472 e. The molecular formula is C25H47O9P. The van der Waals surface area contributed by atoms with Gasteiger partial charge in [-0.2, -0.15) is 0 Å². The van der Waals surface area contributed by atoms with Crippen molar-refractivity contribution in [3.63, 3.8) is 0 Å². The number of hydrogen-bond acceptors (Lipinski definition) is 8. The van der Waals surface area contributed by atoms with Gasteiger partial charge in [0.05, 0.1) is 19.8 Å². The number of carbonyl (C=O) groups excluding carboxylic acids is 1. The van der Waals surface area contributed by atoms with Crippen molar-refractivity contribution >= 4 is 13.8 Å². The Hall–Kier alpha value is -1.06. The zero-order valence-electron chi connectivity index (χ0n) is 21.3. The van der Waals surface area contributed by atoms with E-state index in [9.17, 15) is 19.4 Å². The minimum Gasteiger partial charge on any atom is -0.463 e.